The number of hydrogen-bond donors (Lipinski definition) is 1. The summed E-state index contributed by atoms with van der Waals surface area (Å²) < 4.78 is 33.4. The molecule has 25 heavy (non-hydrogen) atoms. The van der Waals surface area contributed by atoms with Crippen LogP contribution in [0.4, 0.5) is 4.79 Å². The van der Waals surface area contributed by atoms with Gasteiger partial charge in [0, 0.05) is 19.1 Å². The van der Waals surface area contributed by atoms with Gasteiger partial charge in [0.2, 0.25) is 10.0 Å². The molecule has 2 rings (SSSR count). The van der Waals surface area contributed by atoms with E-state index in [1.807, 2.05) is 33.8 Å². The number of aryl methyl sites for hydroxylation is 2. The van der Waals surface area contributed by atoms with Crippen molar-refractivity contribution in [2.45, 2.75) is 64.0 Å². The Balaban J connectivity index is 1.96. The summed E-state index contributed by atoms with van der Waals surface area (Å²) in [7, 11) is -3.56. The number of likely N-dealkylation sites (tertiary alicyclic amines) is 1. The van der Waals surface area contributed by atoms with Crippen molar-refractivity contribution in [3.63, 3.8) is 0 Å². The van der Waals surface area contributed by atoms with Crippen LogP contribution in [0.25, 0.3) is 0 Å². The second kappa shape index (κ2) is 7.33. The molecule has 1 aliphatic rings. The summed E-state index contributed by atoms with van der Waals surface area (Å²) in [4.78, 5) is 14.0. The molecule has 1 aliphatic heterocycles. The fraction of sp³-hybridized carbons (Fsp3) is 0.611. The van der Waals surface area contributed by atoms with Crippen molar-refractivity contribution < 1.29 is 17.9 Å². The van der Waals surface area contributed by atoms with Gasteiger partial charge in [-0.15, -0.1) is 0 Å². The molecule has 1 saturated heterocycles. The Kier molecular flexibility index (Phi) is 5.79. The highest BCUT2D eigenvalue weighted by molar-refractivity contribution is 7.89. The Morgan fingerprint density at radius 1 is 1.20 bits per heavy atom. The molecule has 1 N–H and O–H groups in total. The average molecular weight is 368 g/mol. The first kappa shape index (κ1) is 19.7. The number of amides is 1. The zero-order valence-electron chi connectivity index (χ0n) is 15.6. The summed E-state index contributed by atoms with van der Waals surface area (Å²) in [6.45, 7) is 10.2. The van der Waals surface area contributed by atoms with E-state index in [1.54, 1.807) is 24.0 Å². The highest BCUT2D eigenvalue weighted by atomic mass is 32.2. The molecular formula is C18H28N2O4S. The molecule has 6 nitrogen and oxygen atoms in total. The van der Waals surface area contributed by atoms with Crippen molar-refractivity contribution in [3.8, 4) is 0 Å². The maximum Gasteiger partial charge on any atom is 0.410 e. The summed E-state index contributed by atoms with van der Waals surface area (Å²) in [5.41, 5.74) is 1.24. The van der Waals surface area contributed by atoms with Gasteiger partial charge in [0.25, 0.3) is 0 Å². The zero-order valence-corrected chi connectivity index (χ0v) is 16.4. The summed E-state index contributed by atoms with van der Waals surface area (Å²) in [5, 5.41) is 0. The number of sulfonamides is 1. The fourth-order valence-electron chi connectivity index (χ4n) is 2.89. The lowest BCUT2D eigenvalue weighted by Crippen LogP contribution is -2.47. The first-order chi connectivity index (χ1) is 11.5. The van der Waals surface area contributed by atoms with Crippen LogP contribution in [0.2, 0.25) is 0 Å². The maximum absolute atomic E-state index is 12.6. The molecule has 0 radical (unpaired) electrons. The van der Waals surface area contributed by atoms with Crippen LogP contribution in [0.5, 0.6) is 0 Å². The number of piperidine rings is 1. The van der Waals surface area contributed by atoms with E-state index in [9.17, 15) is 13.2 Å². The van der Waals surface area contributed by atoms with Gasteiger partial charge in [0.1, 0.15) is 5.60 Å². The minimum atomic E-state index is -3.56. The fourth-order valence-corrected chi connectivity index (χ4v) is 4.42. The van der Waals surface area contributed by atoms with Gasteiger partial charge >= 0.3 is 6.09 Å². The first-order valence-electron chi connectivity index (χ1n) is 8.55. The van der Waals surface area contributed by atoms with E-state index in [2.05, 4.69) is 4.72 Å². The van der Waals surface area contributed by atoms with Crippen LogP contribution in [0.3, 0.4) is 0 Å². The molecule has 1 heterocycles. The van der Waals surface area contributed by atoms with Gasteiger partial charge < -0.3 is 9.64 Å². The van der Waals surface area contributed by atoms with E-state index < -0.39 is 15.6 Å². The summed E-state index contributed by atoms with van der Waals surface area (Å²) in [5.74, 6) is 0. The average Bonchev–Trinajstić information content (AvgIpc) is 2.45. The van der Waals surface area contributed by atoms with Crippen molar-refractivity contribution in [3.05, 3.63) is 29.3 Å². The van der Waals surface area contributed by atoms with Gasteiger partial charge in [-0.3, -0.25) is 0 Å². The summed E-state index contributed by atoms with van der Waals surface area (Å²) in [6, 6.07) is 5.12. The smallest absolute Gasteiger partial charge is 0.410 e. The number of ether oxygens (including phenoxy) is 1. The number of carbonyl (C=O) groups excluding carboxylic acids is 1. The maximum atomic E-state index is 12.6. The molecule has 1 aromatic rings. The number of nitrogens with one attached hydrogen (secondary N) is 1. The van der Waals surface area contributed by atoms with E-state index in [1.165, 1.54) is 0 Å². The van der Waals surface area contributed by atoms with Crippen LogP contribution >= 0.6 is 0 Å². The van der Waals surface area contributed by atoms with E-state index >= 15 is 0 Å². The van der Waals surface area contributed by atoms with Crippen molar-refractivity contribution in [2.75, 3.05) is 13.1 Å². The second-order valence-corrected chi connectivity index (χ2v) is 9.31. The predicted molar refractivity (Wildman–Crippen MR) is 97.1 cm³/mol. The summed E-state index contributed by atoms with van der Waals surface area (Å²) >= 11 is 0. The third-order valence-corrected chi connectivity index (χ3v) is 5.77. The van der Waals surface area contributed by atoms with E-state index in [0.717, 1.165) is 11.1 Å². The second-order valence-electron chi connectivity index (χ2n) is 7.63. The number of rotatable bonds is 3. The molecule has 1 amide bonds. The van der Waals surface area contributed by atoms with Crippen molar-refractivity contribution in [1.29, 1.82) is 0 Å². The lowest BCUT2D eigenvalue weighted by Gasteiger charge is -2.33. The molecule has 1 aromatic carbocycles. The molecule has 0 saturated carbocycles. The third kappa shape index (κ3) is 5.44. The van der Waals surface area contributed by atoms with E-state index in [4.69, 9.17) is 4.74 Å². The monoisotopic (exact) mass is 368 g/mol. The molecule has 0 atom stereocenters. The third-order valence-electron chi connectivity index (χ3n) is 4.09. The minimum Gasteiger partial charge on any atom is -0.444 e. The van der Waals surface area contributed by atoms with Gasteiger partial charge in [-0.2, -0.15) is 0 Å². The van der Waals surface area contributed by atoms with Crippen molar-refractivity contribution in [2.24, 2.45) is 0 Å². The van der Waals surface area contributed by atoms with Crippen LogP contribution in [0.1, 0.15) is 44.7 Å². The lowest BCUT2D eigenvalue weighted by atomic mass is 10.1. The molecule has 0 spiro atoms. The van der Waals surface area contributed by atoms with Crippen molar-refractivity contribution in [1.82, 2.24) is 9.62 Å². The molecule has 140 valence electrons. The highest BCUT2D eigenvalue weighted by Crippen LogP contribution is 2.20. The highest BCUT2D eigenvalue weighted by Gasteiger charge is 2.29. The van der Waals surface area contributed by atoms with Crippen LogP contribution in [0, 0.1) is 13.8 Å². The SMILES string of the molecule is Cc1ccc(S(=O)(=O)NC2CCN(C(=O)OC(C)(C)C)CC2)c(C)c1. The lowest BCUT2D eigenvalue weighted by molar-refractivity contribution is 0.0203. The predicted octanol–water partition coefficient (Wildman–Crippen LogP) is 2.98. The van der Waals surface area contributed by atoms with Crippen LogP contribution in [-0.2, 0) is 14.8 Å². The molecule has 0 aromatic heterocycles. The number of benzene rings is 1. The largest absolute Gasteiger partial charge is 0.444 e. The number of nitrogens with zero attached hydrogens (tertiary/aromatic N) is 1. The van der Waals surface area contributed by atoms with Gasteiger partial charge in [-0.1, -0.05) is 17.7 Å². The Morgan fingerprint density at radius 2 is 1.80 bits per heavy atom. The normalized spacial score (nSPS) is 16.8. The minimum absolute atomic E-state index is 0.176. The zero-order chi connectivity index (χ0) is 18.8. The Labute approximate surface area is 150 Å². The molecule has 0 bridgehead atoms. The van der Waals surface area contributed by atoms with E-state index in [0.29, 0.717) is 30.8 Å². The Hall–Kier alpha value is -1.60. The van der Waals surface area contributed by atoms with Crippen LogP contribution < -0.4 is 4.72 Å². The Bertz CT molecular complexity index is 730. The van der Waals surface area contributed by atoms with Crippen LogP contribution in [-0.4, -0.2) is 44.1 Å². The quantitative estimate of drug-likeness (QED) is 0.890. The number of carbonyl (C=O) groups is 1. The Morgan fingerprint density at radius 3 is 2.32 bits per heavy atom. The molecule has 0 aliphatic carbocycles. The van der Waals surface area contributed by atoms with E-state index in [-0.39, 0.29) is 12.1 Å². The van der Waals surface area contributed by atoms with Gasteiger partial charge in [-0.05, 0) is 59.1 Å². The molecule has 7 heteroatoms. The first-order valence-corrected chi connectivity index (χ1v) is 10.0. The van der Waals surface area contributed by atoms with Gasteiger partial charge in [0.15, 0.2) is 0 Å². The molecular weight excluding hydrogens is 340 g/mol. The topological polar surface area (TPSA) is 75.7 Å². The number of hydrogen-bond acceptors (Lipinski definition) is 4. The van der Waals surface area contributed by atoms with Gasteiger partial charge in [0.05, 0.1) is 4.90 Å². The van der Waals surface area contributed by atoms with Crippen molar-refractivity contribution >= 4 is 16.1 Å². The summed E-state index contributed by atoms with van der Waals surface area (Å²) in [6.07, 6.45) is 0.801. The molecule has 0 unspecified atom stereocenters. The standard InChI is InChI=1S/C18H28N2O4S/c1-13-6-7-16(14(2)12-13)25(22,23)19-15-8-10-20(11-9-15)17(21)24-18(3,4)5/h6-7,12,15,19H,8-11H2,1-5H3. The molecule has 1 fully saturated rings. The van der Waals surface area contributed by atoms with Crippen LogP contribution in [0.15, 0.2) is 23.1 Å². The van der Waals surface area contributed by atoms with Gasteiger partial charge in [-0.25, -0.2) is 17.9 Å².